The zero-order valence-electron chi connectivity index (χ0n) is 10.4. The molecule has 1 unspecified atom stereocenters. The van der Waals surface area contributed by atoms with Gasteiger partial charge < -0.3 is 4.74 Å². The standard InChI is InChI=1S/C14H17NO2/c1-14(2,3)13(16)17-10-12(9-15)11-7-5-4-6-8-11/h4-8,12H,10H2,1-3H3. The molecule has 1 rings (SSSR count). The Morgan fingerprint density at radius 3 is 2.41 bits per heavy atom. The molecule has 0 aliphatic heterocycles. The Bertz CT molecular complexity index is 412. The summed E-state index contributed by atoms with van der Waals surface area (Å²) in [6, 6.07) is 11.5. The van der Waals surface area contributed by atoms with Crippen molar-refractivity contribution >= 4 is 5.97 Å². The molecule has 0 aliphatic rings. The molecule has 1 aromatic rings. The summed E-state index contributed by atoms with van der Waals surface area (Å²) in [4.78, 5) is 11.6. The molecule has 0 bridgehead atoms. The van der Waals surface area contributed by atoms with E-state index in [2.05, 4.69) is 6.07 Å². The first-order valence-corrected chi connectivity index (χ1v) is 5.57. The van der Waals surface area contributed by atoms with Crippen LogP contribution in [0.1, 0.15) is 32.3 Å². The van der Waals surface area contributed by atoms with Gasteiger partial charge in [0.05, 0.1) is 11.5 Å². The van der Waals surface area contributed by atoms with Crippen LogP contribution in [0.2, 0.25) is 0 Å². The van der Waals surface area contributed by atoms with Crippen molar-refractivity contribution in [3.05, 3.63) is 35.9 Å². The van der Waals surface area contributed by atoms with Gasteiger partial charge in [0.25, 0.3) is 0 Å². The van der Waals surface area contributed by atoms with E-state index in [1.807, 2.05) is 30.3 Å². The molecule has 0 aromatic heterocycles. The number of hydrogen-bond donors (Lipinski definition) is 0. The van der Waals surface area contributed by atoms with Crippen molar-refractivity contribution in [2.75, 3.05) is 6.61 Å². The van der Waals surface area contributed by atoms with Gasteiger partial charge in [0.2, 0.25) is 0 Å². The van der Waals surface area contributed by atoms with E-state index in [0.717, 1.165) is 5.56 Å². The molecule has 3 heteroatoms. The monoisotopic (exact) mass is 231 g/mol. The van der Waals surface area contributed by atoms with E-state index >= 15 is 0 Å². The van der Waals surface area contributed by atoms with Crippen molar-refractivity contribution in [2.45, 2.75) is 26.7 Å². The first-order chi connectivity index (χ1) is 7.95. The number of nitrogens with zero attached hydrogens (tertiary/aromatic N) is 1. The fourth-order valence-electron chi connectivity index (χ4n) is 1.27. The second kappa shape index (κ2) is 5.49. The van der Waals surface area contributed by atoms with Crippen molar-refractivity contribution in [3.8, 4) is 6.07 Å². The van der Waals surface area contributed by atoms with Crippen LogP contribution < -0.4 is 0 Å². The summed E-state index contributed by atoms with van der Waals surface area (Å²) in [7, 11) is 0. The number of ether oxygens (including phenoxy) is 1. The van der Waals surface area contributed by atoms with Crippen molar-refractivity contribution in [3.63, 3.8) is 0 Å². The maximum atomic E-state index is 11.6. The Hall–Kier alpha value is -1.82. The van der Waals surface area contributed by atoms with E-state index < -0.39 is 11.3 Å². The summed E-state index contributed by atoms with van der Waals surface area (Å²) >= 11 is 0. The topological polar surface area (TPSA) is 50.1 Å². The van der Waals surface area contributed by atoms with Gasteiger partial charge in [-0.1, -0.05) is 30.3 Å². The summed E-state index contributed by atoms with van der Waals surface area (Å²) in [5.41, 5.74) is 0.341. The molecule has 0 aliphatic carbocycles. The van der Waals surface area contributed by atoms with Crippen LogP contribution in [0.15, 0.2) is 30.3 Å². The molecular weight excluding hydrogens is 214 g/mol. The molecule has 1 aromatic carbocycles. The highest BCUT2D eigenvalue weighted by Gasteiger charge is 2.24. The second-order valence-electron chi connectivity index (χ2n) is 4.94. The van der Waals surface area contributed by atoms with E-state index in [4.69, 9.17) is 10.00 Å². The molecule has 0 amide bonds. The smallest absolute Gasteiger partial charge is 0.311 e. The van der Waals surface area contributed by atoms with Gasteiger partial charge in [0, 0.05) is 0 Å². The van der Waals surface area contributed by atoms with E-state index in [1.165, 1.54) is 0 Å². The van der Waals surface area contributed by atoms with Gasteiger partial charge in [0.1, 0.15) is 12.5 Å². The van der Waals surface area contributed by atoms with Crippen LogP contribution in [0, 0.1) is 16.7 Å². The highest BCUT2D eigenvalue weighted by Crippen LogP contribution is 2.19. The SMILES string of the molecule is CC(C)(C)C(=O)OCC(C#N)c1ccccc1. The Kier molecular flexibility index (Phi) is 4.28. The number of esters is 1. The average molecular weight is 231 g/mol. The molecule has 3 nitrogen and oxygen atoms in total. The lowest BCUT2D eigenvalue weighted by Gasteiger charge is -2.18. The van der Waals surface area contributed by atoms with Crippen LogP contribution >= 0.6 is 0 Å². The second-order valence-corrected chi connectivity index (χ2v) is 4.94. The fourth-order valence-corrected chi connectivity index (χ4v) is 1.27. The largest absolute Gasteiger partial charge is 0.464 e. The molecule has 0 fully saturated rings. The van der Waals surface area contributed by atoms with Gasteiger partial charge in [0.15, 0.2) is 0 Å². The van der Waals surface area contributed by atoms with Gasteiger partial charge in [-0.25, -0.2) is 0 Å². The van der Waals surface area contributed by atoms with Crippen molar-refractivity contribution in [2.24, 2.45) is 5.41 Å². The normalized spacial score (nSPS) is 12.6. The minimum atomic E-state index is -0.531. The van der Waals surface area contributed by atoms with Gasteiger partial charge in [-0.05, 0) is 26.3 Å². The maximum Gasteiger partial charge on any atom is 0.311 e. The number of carbonyl (C=O) groups excluding carboxylic acids is 1. The molecule has 0 saturated carbocycles. The summed E-state index contributed by atoms with van der Waals surface area (Å²) in [5, 5.41) is 9.05. The lowest BCUT2D eigenvalue weighted by Crippen LogP contribution is -2.24. The Morgan fingerprint density at radius 1 is 1.35 bits per heavy atom. The summed E-state index contributed by atoms with van der Waals surface area (Å²) in [6.07, 6.45) is 0. The van der Waals surface area contributed by atoms with Crippen LogP contribution in [0.5, 0.6) is 0 Å². The van der Waals surface area contributed by atoms with E-state index in [-0.39, 0.29) is 12.6 Å². The quantitative estimate of drug-likeness (QED) is 0.751. The van der Waals surface area contributed by atoms with E-state index in [9.17, 15) is 4.79 Å². The summed E-state index contributed by atoms with van der Waals surface area (Å²) in [6.45, 7) is 5.48. The lowest BCUT2D eigenvalue weighted by atomic mass is 9.97. The zero-order chi connectivity index (χ0) is 12.9. The van der Waals surface area contributed by atoms with Gasteiger partial charge in [-0.2, -0.15) is 5.26 Å². The predicted octanol–water partition coefficient (Wildman–Crippen LogP) is 2.88. The number of nitriles is 1. The molecule has 0 spiro atoms. The van der Waals surface area contributed by atoms with Crippen LogP contribution in [0.3, 0.4) is 0 Å². The van der Waals surface area contributed by atoms with Crippen molar-refractivity contribution in [1.82, 2.24) is 0 Å². The Labute approximate surface area is 102 Å². The summed E-state index contributed by atoms with van der Waals surface area (Å²) in [5.74, 6) is -0.684. The van der Waals surface area contributed by atoms with Crippen LogP contribution in [-0.4, -0.2) is 12.6 Å². The molecule has 17 heavy (non-hydrogen) atoms. The molecule has 1 atom stereocenters. The molecule has 0 heterocycles. The average Bonchev–Trinajstić information content (AvgIpc) is 2.29. The molecule has 90 valence electrons. The van der Waals surface area contributed by atoms with Crippen LogP contribution in [0.4, 0.5) is 0 Å². The van der Waals surface area contributed by atoms with Crippen molar-refractivity contribution in [1.29, 1.82) is 5.26 Å². The van der Waals surface area contributed by atoms with Crippen LogP contribution in [0.25, 0.3) is 0 Å². The maximum absolute atomic E-state index is 11.6. The van der Waals surface area contributed by atoms with Gasteiger partial charge >= 0.3 is 5.97 Å². The highest BCUT2D eigenvalue weighted by atomic mass is 16.5. The third-order valence-electron chi connectivity index (χ3n) is 2.35. The highest BCUT2D eigenvalue weighted by molar-refractivity contribution is 5.75. The number of carbonyl (C=O) groups is 1. The predicted molar refractivity (Wildman–Crippen MR) is 65.2 cm³/mol. The van der Waals surface area contributed by atoms with Crippen molar-refractivity contribution < 1.29 is 9.53 Å². The molecule has 0 radical (unpaired) electrons. The Balaban J connectivity index is 2.62. The zero-order valence-corrected chi connectivity index (χ0v) is 10.4. The molecule has 0 saturated heterocycles. The molecular formula is C14H17NO2. The summed E-state index contributed by atoms with van der Waals surface area (Å²) < 4.78 is 5.15. The lowest BCUT2D eigenvalue weighted by molar-refractivity contribution is -0.153. The number of benzene rings is 1. The fraction of sp³-hybridized carbons (Fsp3) is 0.429. The van der Waals surface area contributed by atoms with Crippen LogP contribution in [-0.2, 0) is 9.53 Å². The number of hydrogen-bond acceptors (Lipinski definition) is 3. The number of rotatable bonds is 3. The van der Waals surface area contributed by atoms with E-state index in [0.29, 0.717) is 0 Å². The third-order valence-corrected chi connectivity index (χ3v) is 2.35. The third kappa shape index (κ3) is 3.92. The first kappa shape index (κ1) is 13.2. The first-order valence-electron chi connectivity index (χ1n) is 5.57. The Morgan fingerprint density at radius 2 is 1.94 bits per heavy atom. The minimum Gasteiger partial charge on any atom is -0.464 e. The van der Waals surface area contributed by atoms with Gasteiger partial charge in [-0.15, -0.1) is 0 Å². The van der Waals surface area contributed by atoms with E-state index in [1.54, 1.807) is 20.8 Å². The van der Waals surface area contributed by atoms with Gasteiger partial charge in [-0.3, -0.25) is 4.79 Å². The molecule has 0 N–H and O–H groups in total. The minimum absolute atomic E-state index is 0.108.